The van der Waals surface area contributed by atoms with Crippen molar-refractivity contribution in [1.82, 2.24) is 10.4 Å². The molecule has 0 saturated heterocycles. The minimum absolute atomic E-state index is 0.246. The average Bonchev–Trinajstić information content (AvgIpc) is 2.56. The molecule has 0 spiro atoms. The van der Waals surface area contributed by atoms with Crippen molar-refractivity contribution in [1.29, 1.82) is 0 Å². The Morgan fingerprint density at radius 2 is 2.42 bits per heavy atom. The van der Waals surface area contributed by atoms with Crippen LogP contribution in [0, 0.1) is 0 Å². The fourth-order valence-electron chi connectivity index (χ4n) is 1.18. The van der Waals surface area contributed by atoms with E-state index in [-0.39, 0.29) is 6.04 Å². The van der Waals surface area contributed by atoms with Crippen LogP contribution >= 0.6 is 11.6 Å². The third kappa shape index (κ3) is 1.41. The Labute approximate surface area is 75.5 Å². The van der Waals surface area contributed by atoms with Gasteiger partial charge in [-0.25, -0.2) is 0 Å². The van der Waals surface area contributed by atoms with Crippen LogP contribution in [0.25, 0.3) is 0 Å². The highest BCUT2D eigenvalue weighted by Crippen LogP contribution is 2.20. The fraction of sp³-hybridized carbons (Fsp3) is 0.250. The highest BCUT2D eigenvalue weighted by Gasteiger charge is 2.13. The minimum Gasteiger partial charge on any atom is -0.302 e. The molecule has 0 radical (unpaired) electrons. The topological polar surface area (TPSA) is 37.3 Å². The molecule has 1 N–H and O–H groups in total. The molecule has 0 amide bonds. The molecule has 0 bridgehead atoms. The van der Waals surface area contributed by atoms with E-state index in [4.69, 9.17) is 11.6 Å². The highest BCUT2D eigenvalue weighted by molar-refractivity contribution is 6.30. The lowest BCUT2D eigenvalue weighted by molar-refractivity contribution is 0.618. The van der Waals surface area contributed by atoms with Gasteiger partial charge in [-0.05, 0) is 11.6 Å². The standard InChI is InChI=1S/C8H8ClN3/c9-7-3-6(4-10-5-7)8-1-2-11-12-8/h2-5,8,12H,1H2. The van der Waals surface area contributed by atoms with Crippen LogP contribution in [0.5, 0.6) is 0 Å². The van der Waals surface area contributed by atoms with Gasteiger partial charge in [-0.2, -0.15) is 5.10 Å². The predicted molar refractivity (Wildman–Crippen MR) is 48.2 cm³/mol. The summed E-state index contributed by atoms with van der Waals surface area (Å²) >= 11 is 5.79. The second kappa shape index (κ2) is 3.11. The molecule has 1 aliphatic rings. The Balaban J connectivity index is 2.22. The van der Waals surface area contributed by atoms with Crippen molar-refractivity contribution in [2.45, 2.75) is 12.5 Å². The van der Waals surface area contributed by atoms with Crippen LogP contribution in [0.15, 0.2) is 23.6 Å². The van der Waals surface area contributed by atoms with Gasteiger partial charge in [0.1, 0.15) is 0 Å². The molecule has 1 aliphatic heterocycles. The minimum atomic E-state index is 0.246. The van der Waals surface area contributed by atoms with Gasteiger partial charge in [0.15, 0.2) is 0 Å². The number of rotatable bonds is 1. The van der Waals surface area contributed by atoms with E-state index in [0.717, 1.165) is 12.0 Å². The number of hydrazone groups is 1. The molecule has 62 valence electrons. The number of pyridine rings is 1. The number of nitrogens with zero attached hydrogens (tertiary/aromatic N) is 2. The van der Waals surface area contributed by atoms with E-state index in [0.29, 0.717) is 5.02 Å². The zero-order chi connectivity index (χ0) is 8.39. The molecule has 3 nitrogen and oxygen atoms in total. The van der Waals surface area contributed by atoms with Crippen LogP contribution in [-0.2, 0) is 0 Å². The molecule has 1 unspecified atom stereocenters. The summed E-state index contributed by atoms with van der Waals surface area (Å²) in [5, 5.41) is 4.59. The van der Waals surface area contributed by atoms with E-state index >= 15 is 0 Å². The van der Waals surface area contributed by atoms with Gasteiger partial charge in [0.25, 0.3) is 0 Å². The summed E-state index contributed by atoms with van der Waals surface area (Å²) in [6.07, 6.45) is 6.19. The zero-order valence-electron chi connectivity index (χ0n) is 6.37. The molecule has 0 aliphatic carbocycles. The molecular formula is C8H8ClN3. The van der Waals surface area contributed by atoms with E-state index < -0.39 is 0 Å². The van der Waals surface area contributed by atoms with E-state index in [2.05, 4.69) is 15.5 Å². The smallest absolute Gasteiger partial charge is 0.0754 e. The summed E-state index contributed by atoms with van der Waals surface area (Å²) in [6.45, 7) is 0. The summed E-state index contributed by atoms with van der Waals surface area (Å²) in [6, 6.07) is 2.15. The monoisotopic (exact) mass is 181 g/mol. The number of nitrogens with one attached hydrogen (secondary N) is 1. The van der Waals surface area contributed by atoms with Gasteiger partial charge in [0.05, 0.1) is 11.1 Å². The van der Waals surface area contributed by atoms with Crippen LogP contribution in [0.2, 0.25) is 5.02 Å². The number of aromatic nitrogens is 1. The van der Waals surface area contributed by atoms with Gasteiger partial charge >= 0.3 is 0 Å². The number of hydrogen-bond donors (Lipinski definition) is 1. The van der Waals surface area contributed by atoms with Crippen LogP contribution in [0.3, 0.4) is 0 Å². The Kier molecular flexibility index (Phi) is 1.96. The van der Waals surface area contributed by atoms with Crippen molar-refractivity contribution >= 4 is 17.8 Å². The van der Waals surface area contributed by atoms with Crippen LogP contribution in [-0.4, -0.2) is 11.2 Å². The van der Waals surface area contributed by atoms with Crippen LogP contribution < -0.4 is 5.43 Å². The van der Waals surface area contributed by atoms with Crippen molar-refractivity contribution < 1.29 is 0 Å². The van der Waals surface area contributed by atoms with Gasteiger partial charge in [-0.3, -0.25) is 4.98 Å². The molecule has 2 heterocycles. The molecule has 0 aromatic carbocycles. The maximum atomic E-state index is 5.79. The van der Waals surface area contributed by atoms with E-state index in [9.17, 15) is 0 Å². The van der Waals surface area contributed by atoms with E-state index in [1.165, 1.54) is 0 Å². The largest absolute Gasteiger partial charge is 0.302 e. The lowest BCUT2D eigenvalue weighted by Gasteiger charge is -2.08. The lowest BCUT2D eigenvalue weighted by atomic mass is 10.1. The molecule has 0 fully saturated rings. The third-order valence-electron chi connectivity index (χ3n) is 1.79. The average molecular weight is 182 g/mol. The quantitative estimate of drug-likeness (QED) is 0.717. The second-order valence-electron chi connectivity index (χ2n) is 2.67. The first-order valence-electron chi connectivity index (χ1n) is 3.74. The van der Waals surface area contributed by atoms with Crippen molar-refractivity contribution in [3.8, 4) is 0 Å². The second-order valence-corrected chi connectivity index (χ2v) is 3.10. The van der Waals surface area contributed by atoms with Crippen LogP contribution in [0.1, 0.15) is 18.0 Å². The summed E-state index contributed by atoms with van der Waals surface area (Å²) in [5.41, 5.74) is 4.05. The van der Waals surface area contributed by atoms with Crippen LogP contribution in [0.4, 0.5) is 0 Å². The first-order valence-corrected chi connectivity index (χ1v) is 4.11. The van der Waals surface area contributed by atoms with Gasteiger partial charge in [0, 0.05) is 25.0 Å². The zero-order valence-corrected chi connectivity index (χ0v) is 7.12. The molecule has 2 rings (SSSR count). The van der Waals surface area contributed by atoms with Gasteiger partial charge < -0.3 is 5.43 Å². The first kappa shape index (κ1) is 7.55. The fourth-order valence-corrected chi connectivity index (χ4v) is 1.37. The Hall–Kier alpha value is -1.09. The van der Waals surface area contributed by atoms with Gasteiger partial charge in [-0.15, -0.1) is 0 Å². The third-order valence-corrected chi connectivity index (χ3v) is 2.00. The molecular weight excluding hydrogens is 174 g/mol. The van der Waals surface area contributed by atoms with Crippen molar-refractivity contribution in [3.05, 3.63) is 29.0 Å². The van der Waals surface area contributed by atoms with Crippen molar-refractivity contribution in [2.24, 2.45) is 5.10 Å². The normalized spacial score (nSPS) is 20.9. The summed E-state index contributed by atoms with van der Waals surface area (Å²) in [7, 11) is 0. The van der Waals surface area contributed by atoms with E-state index in [1.807, 2.05) is 12.3 Å². The maximum absolute atomic E-state index is 5.79. The SMILES string of the molecule is Clc1cncc(C2CC=NN2)c1. The Morgan fingerprint density at radius 1 is 1.50 bits per heavy atom. The molecule has 4 heteroatoms. The molecule has 1 atom stereocenters. The molecule has 1 aromatic heterocycles. The predicted octanol–water partition coefficient (Wildman–Crippen LogP) is 1.76. The molecule has 0 saturated carbocycles. The number of hydrogen-bond acceptors (Lipinski definition) is 3. The first-order chi connectivity index (χ1) is 5.86. The van der Waals surface area contributed by atoms with Crippen molar-refractivity contribution in [2.75, 3.05) is 0 Å². The lowest BCUT2D eigenvalue weighted by Crippen LogP contribution is -2.09. The molecule has 1 aromatic rings. The summed E-state index contributed by atoms with van der Waals surface area (Å²) in [5.74, 6) is 0. The number of halogens is 1. The van der Waals surface area contributed by atoms with E-state index in [1.54, 1.807) is 12.4 Å². The van der Waals surface area contributed by atoms with Gasteiger partial charge in [-0.1, -0.05) is 11.6 Å². The Bertz CT molecular complexity index is 303. The van der Waals surface area contributed by atoms with Crippen molar-refractivity contribution in [3.63, 3.8) is 0 Å². The molecule has 12 heavy (non-hydrogen) atoms. The Morgan fingerprint density at radius 3 is 3.08 bits per heavy atom. The summed E-state index contributed by atoms with van der Waals surface area (Å²) < 4.78 is 0. The highest BCUT2D eigenvalue weighted by atomic mass is 35.5. The van der Waals surface area contributed by atoms with Gasteiger partial charge in [0.2, 0.25) is 0 Å². The maximum Gasteiger partial charge on any atom is 0.0754 e. The summed E-state index contributed by atoms with van der Waals surface area (Å²) in [4.78, 5) is 4.00.